The summed E-state index contributed by atoms with van der Waals surface area (Å²) in [4.78, 5) is 43.1. The molecule has 3 aliphatic heterocycles. The Kier molecular flexibility index (Phi) is 7.39. The molecule has 9 nitrogen and oxygen atoms in total. The number of hydrogen-bond acceptors (Lipinski definition) is 6. The highest BCUT2D eigenvalue weighted by atomic mass is 16.5. The van der Waals surface area contributed by atoms with Crippen LogP contribution in [0.2, 0.25) is 0 Å². The monoisotopic (exact) mass is 535 g/mol. The first-order valence-electron chi connectivity index (χ1n) is 13.8. The van der Waals surface area contributed by atoms with E-state index >= 15 is 0 Å². The van der Waals surface area contributed by atoms with Gasteiger partial charge >= 0.3 is 0 Å². The Morgan fingerprint density at radius 1 is 1.13 bits per heavy atom. The molecular weight excluding hydrogens is 498 g/mol. The highest BCUT2D eigenvalue weighted by Gasteiger charge is 2.75. The van der Waals surface area contributed by atoms with Crippen LogP contribution < -0.4 is 15.4 Å². The van der Waals surface area contributed by atoms with Gasteiger partial charge in [-0.25, -0.2) is 0 Å². The number of aliphatic hydroxyl groups is 1. The van der Waals surface area contributed by atoms with E-state index in [-0.39, 0.29) is 24.3 Å². The molecule has 39 heavy (non-hydrogen) atoms. The van der Waals surface area contributed by atoms with Crippen molar-refractivity contribution in [2.75, 3.05) is 23.8 Å². The topological polar surface area (TPSA) is 117 Å². The van der Waals surface area contributed by atoms with Gasteiger partial charge in [0.15, 0.2) is 0 Å². The summed E-state index contributed by atoms with van der Waals surface area (Å²) in [5.41, 5.74) is 2.03. The van der Waals surface area contributed by atoms with E-state index in [4.69, 9.17) is 9.47 Å². The molecule has 3 N–H and O–H groups in total. The van der Waals surface area contributed by atoms with Crippen molar-refractivity contribution in [1.29, 1.82) is 0 Å². The van der Waals surface area contributed by atoms with E-state index in [1.54, 1.807) is 24.3 Å². The number of benzene rings is 2. The van der Waals surface area contributed by atoms with Crippen molar-refractivity contribution in [3.8, 4) is 5.75 Å². The predicted octanol–water partition coefficient (Wildman–Crippen LogP) is 3.42. The molecule has 3 amide bonds. The van der Waals surface area contributed by atoms with E-state index in [1.165, 1.54) is 4.90 Å². The fourth-order valence-corrected chi connectivity index (χ4v) is 6.60. The second-order valence-corrected chi connectivity index (χ2v) is 10.8. The maximum Gasteiger partial charge on any atom is 0.250 e. The Morgan fingerprint density at radius 2 is 1.87 bits per heavy atom. The van der Waals surface area contributed by atoms with Crippen LogP contribution in [0.3, 0.4) is 0 Å². The van der Waals surface area contributed by atoms with Gasteiger partial charge in [-0.15, -0.1) is 0 Å². The summed E-state index contributed by atoms with van der Waals surface area (Å²) in [6.07, 6.45) is 1.06. The van der Waals surface area contributed by atoms with Gasteiger partial charge in [-0.05, 0) is 81.5 Å². The third kappa shape index (κ3) is 4.57. The Morgan fingerprint density at radius 3 is 2.54 bits per heavy atom. The lowest BCUT2D eigenvalue weighted by molar-refractivity contribution is -0.143. The molecule has 6 atom stereocenters. The van der Waals surface area contributed by atoms with Crippen LogP contribution in [0.15, 0.2) is 42.5 Å². The highest BCUT2D eigenvalue weighted by molar-refractivity contribution is 6.05. The number of fused-ring (bicyclic) bond motifs is 1. The first kappa shape index (κ1) is 27.1. The molecule has 3 fully saturated rings. The van der Waals surface area contributed by atoms with Crippen molar-refractivity contribution in [2.24, 2.45) is 11.8 Å². The summed E-state index contributed by atoms with van der Waals surface area (Å²) in [5, 5.41) is 16.2. The number of ether oxygens (including phenoxy) is 2. The fraction of sp³-hybridized carbons (Fsp3) is 0.500. The van der Waals surface area contributed by atoms with Gasteiger partial charge in [-0.3, -0.25) is 14.4 Å². The number of carbonyl (C=O) groups excluding carboxylic acids is 3. The van der Waals surface area contributed by atoms with Crippen LogP contribution in [-0.2, 0) is 19.1 Å². The zero-order valence-electron chi connectivity index (χ0n) is 22.9. The Labute approximate surface area is 228 Å². The fourth-order valence-electron chi connectivity index (χ4n) is 6.60. The van der Waals surface area contributed by atoms with Crippen LogP contribution in [0.1, 0.15) is 44.2 Å². The molecule has 5 rings (SSSR count). The molecule has 0 saturated carbocycles. The van der Waals surface area contributed by atoms with Crippen molar-refractivity contribution in [2.45, 2.75) is 70.7 Å². The maximum atomic E-state index is 14.1. The largest absolute Gasteiger partial charge is 0.494 e. The molecule has 3 aliphatic rings. The van der Waals surface area contributed by atoms with Gasteiger partial charge in [0, 0.05) is 11.4 Å². The molecular formula is C30H37N3O6. The third-order valence-electron chi connectivity index (χ3n) is 8.45. The number of rotatable bonds is 9. The van der Waals surface area contributed by atoms with Gasteiger partial charge < -0.3 is 30.1 Å². The third-order valence-corrected chi connectivity index (χ3v) is 8.45. The van der Waals surface area contributed by atoms with Gasteiger partial charge in [0.2, 0.25) is 17.7 Å². The highest BCUT2D eigenvalue weighted by Crippen LogP contribution is 2.59. The van der Waals surface area contributed by atoms with Gasteiger partial charge in [-0.1, -0.05) is 19.1 Å². The molecule has 9 heteroatoms. The number of aliphatic hydroxyl groups excluding tert-OH is 1. The van der Waals surface area contributed by atoms with Gasteiger partial charge in [0.05, 0.1) is 37.2 Å². The number of nitrogens with one attached hydrogen (secondary N) is 2. The summed E-state index contributed by atoms with van der Waals surface area (Å²) in [6.45, 7) is 7.88. The maximum absolute atomic E-state index is 14.1. The van der Waals surface area contributed by atoms with E-state index < -0.39 is 35.6 Å². The van der Waals surface area contributed by atoms with E-state index in [2.05, 4.69) is 10.6 Å². The number of hydrogen-bond donors (Lipinski definition) is 3. The molecule has 2 unspecified atom stereocenters. The molecule has 1 spiro atoms. The number of likely N-dealkylation sites (tertiary alicyclic amines) is 1. The number of carbonyl (C=O) groups is 3. The van der Waals surface area contributed by atoms with Gasteiger partial charge in [-0.2, -0.15) is 0 Å². The van der Waals surface area contributed by atoms with Crippen LogP contribution in [0.5, 0.6) is 5.75 Å². The first-order valence-corrected chi connectivity index (χ1v) is 13.8. The molecule has 0 aliphatic carbocycles. The first-order chi connectivity index (χ1) is 18.7. The SMILES string of the molecule is CCOc1ccc(NC(=O)[C@@H]2[C@H]3C(=O)N([C@@H](CC)CO)C(C(=O)Nc4cc(C)ccc4C)C34CC[C@H]2O4)cc1. The summed E-state index contributed by atoms with van der Waals surface area (Å²) >= 11 is 0. The zero-order valence-corrected chi connectivity index (χ0v) is 22.9. The Bertz CT molecular complexity index is 1260. The van der Waals surface area contributed by atoms with Crippen molar-refractivity contribution in [1.82, 2.24) is 4.90 Å². The second-order valence-electron chi connectivity index (χ2n) is 10.8. The quantitative estimate of drug-likeness (QED) is 0.453. The minimum atomic E-state index is -1.13. The van der Waals surface area contributed by atoms with E-state index in [0.717, 1.165) is 11.1 Å². The average molecular weight is 536 g/mol. The molecule has 0 aromatic heterocycles. The number of nitrogens with zero attached hydrogens (tertiary/aromatic N) is 1. The molecule has 3 heterocycles. The molecule has 2 bridgehead atoms. The standard InChI is InChI=1S/C30H37N3O6/c1-5-20(16-34)33-26(28(36)32-22-15-17(3)7-8-18(22)4)30-14-13-23(39-30)24(25(30)29(33)37)27(35)31-19-9-11-21(12-10-19)38-6-2/h7-12,15,20,23-26,34H,5-6,13-14,16H2,1-4H3,(H,31,35)(H,32,36)/t20-,23+,24-,25-,26?,30?/m0/s1. The average Bonchev–Trinajstić information content (AvgIpc) is 3.56. The van der Waals surface area contributed by atoms with Crippen LogP contribution in [0.4, 0.5) is 11.4 Å². The lowest BCUT2D eigenvalue weighted by atomic mass is 9.70. The second kappa shape index (κ2) is 10.6. The Balaban J connectivity index is 1.46. The Hall–Kier alpha value is -3.43. The molecule has 208 valence electrons. The molecule has 3 saturated heterocycles. The minimum absolute atomic E-state index is 0.287. The van der Waals surface area contributed by atoms with Crippen LogP contribution in [0.25, 0.3) is 0 Å². The minimum Gasteiger partial charge on any atom is -0.494 e. The van der Waals surface area contributed by atoms with Gasteiger partial charge in [0.25, 0.3) is 0 Å². The van der Waals surface area contributed by atoms with Gasteiger partial charge in [0.1, 0.15) is 17.4 Å². The zero-order chi connectivity index (χ0) is 27.9. The van der Waals surface area contributed by atoms with Crippen molar-refractivity contribution >= 4 is 29.1 Å². The normalized spacial score (nSPS) is 27.8. The van der Waals surface area contributed by atoms with Crippen molar-refractivity contribution < 1.29 is 29.0 Å². The van der Waals surface area contributed by atoms with Crippen LogP contribution >= 0.6 is 0 Å². The number of amides is 3. The van der Waals surface area contributed by atoms with E-state index in [0.29, 0.717) is 43.0 Å². The molecule has 2 aromatic carbocycles. The van der Waals surface area contributed by atoms with Crippen LogP contribution in [0, 0.1) is 25.7 Å². The van der Waals surface area contributed by atoms with Crippen molar-refractivity contribution in [3.05, 3.63) is 53.6 Å². The van der Waals surface area contributed by atoms with E-state index in [1.807, 2.05) is 45.9 Å². The lowest BCUT2D eigenvalue weighted by Gasteiger charge is -2.36. The summed E-state index contributed by atoms with van der Waals surface area (Å²) < 4.78 is 12.0. The summed E-state index contributed by atoms with van der Waals surface area (Å²) in [6, 6.07) is 11.4. The smallest absolute Gasteiger partial charge is 0.250 e. The van der Waals surface area contributed by atoms with E-state index in [9.17, 15) is 19.5 Å². The predicted molar refractivity (Wildman–Crippen MR) is 146 cm³/mol. The number of aryl methyl sites for hydroxylation is 2. The summed E-state index contributed by atoms with van der Waals surface area (Å²) in [7, 11) is 0. The lowest BCUT2D eigenvalue weighted by Crippen LogP contribution is -2.56. The molecule has 0 radical (unpaired) electrons. The number of anilines is 2. The van der Waals surface area contributed by atoms with Crippen molar-refractivity contribution in [3.63, 3.8) is 0 Å². The summed E-state index contributed by atoms with van der Waals surface area (Å²) in [5.74, 6) is -1.84. The van der Waals surface area contributed by atoms with Crippen LogP contribution in [-0.4, -0.2) is 64.7 Å². The molecule has 2 aromatic rings.